The minimum atomic E-state index is -0.686. The van der Waals surface area contributed by atoms with Gasteiger partial charge in [0, 0.05) is 16.3 Å². The summed E-state index contributed by atoms with van der Waals surface area (Å²) in [6.45, 7) is 6.24. The molecule has 1 fully saturated rings. The third-order valence-corrected chi connectivity index (χ3v) is 5.74. The zero-order valence-electron chi connectivity index (χ0n) is 14.8. The summed E-state index contributed by atoms with van der Waals surface area (Å²) in [6, 6.07) is 12.6. The SMILES string of the molecule is CCOc1cccc(C(c2ccc(C)s2)N2CCCC(C(=O)O)C2)c1. The molecule has 0 bridgehead atoms. The van der Waals surface area contributed by atoms with E-state index in [2.05, 4.69) is 36.1 Å². The van der Waals surface area contributed by atoms with Gasteiger partial charge in [-0.2, -0.15) is 0 Å². The van der Waals surface area contributed by atoms with Gasteiger partial charge in [0.15, 0.2) is 0 Å². The highest BCUT2D eigenvalue weighted by molar-refractivity contribution is 7.12. The highest BCUT2D eigenvalue weighted by Gasteiger charge is 2.32. The highest BCUT2D eigenvalue weighted by atomic mass is 32.1. The molecular weight excluding hydrogens is 334 g/mol. The molecule has 0 radical (unpaired) electrons. The molecule has 1 saturated heterocycles. The van der Waals surface area contributed by atoms with Crippen LogP contribution in [0.1, 0.15) is 41.1 Å². The van der Waals surface area contributed by atoms with Gasteiger partial charge in [0.2, 0.25) is 0 Å². The Morgan fingerprint density at radius 2 is 2.24 bits per heavy atom. The Kier molecular flexibility index (Phi) is 5.76. The number of nitrogens with zero attached hydrogens (tertiary/aromatic N) is 1. The van der Waals surface area contributed by atoms with Gasteiger partial charge in [-0.3, -0.25) is 9.69 Å². The lowest BCUT2D eigenvalue weighted by molar-refractivity contribution is -0.143. The fourth-order valence-corrected chi connectivity index (χ4v) is 4.58. The quantitative estimate of drug-likeness (QED) is 0.833. The Morgan fingerprint density at radius 1 is 1.40 bits per heavy atom. The van der Waals surface area contributed by atoms with Gasteiger partial charge in [-0.25, -0.2) is 0 Å². The van der Waals surface area contributed by atoms with Gasteiger partial charge in [0.05, 0.1) is 18.6 Å². The molecule has 1 N–H and O–H groups in total. The Labute approximate surface area is 153 Å². The van der Waals surface area contributed by atoms with Crippen LogP contribution in [0, 0.1) is 12.8 Å². The average Bonchev–Trinajstić information content (AvgIpc) is 3.02. The van der Waals surface area contributed by atoms with Gasteiger partial charge in [-0.1, -0.05) is 12.1 Å². The maximum Gasteiger partial charge on any atom is 0.307 e. The topological polar surface area (TPSA) is 49.8 Å². The summed E-state index contributed by atoms with van der Waals surface area (Å²) in [5.41, 5.74) is 1.17. The fourth-order valence-electron chi connectivity index (χ4n) is 3.54. The summed E-state index contributed by atoms with van der Waals surface area (Å²) in [4.78, 5) is 16.3. The third-order valence-electron chi connectivity index (χ3n) is 4.68. The molecule has 4 nitrogen and oxygen atoms in total. The number of aryl methyl sites for hydroxylation is 1. The molecule has 1 aromatic heterocycles. The fraction of sp³-hybridized carbons (Fsp3) is 0.450. The van der Waals surface area contributed by atoms with E-state index in [0.717, 1.165) is 25.1 Å². The minimum Gasteiger partial charge on any atom is -0.494 e. The number of ether oxygens (including phenoxy) is 1. The lowest BCUT2D eigenvalue weighted by Crippen LogP contribution is -2.41. The molecule has 25 heavy (non-hydrogen) atoms. The molecule has 5 heteroatoms. The summed E-state index contributed by atoms with van der Waals surface area (Å²) in [7, 11) is 0. The number of carbonyl (C=O) groups is 1. The van der Waals surface area contributed by atoms with Crippen molar-refractivity contribution in [3.05, 3.63) is 51.7 Å². The summed E-state index contributed by atoms with van der Waals surface area (Å²) in [6.07, 6.45) is 1.68. The van der Waals surface area contributed by atoms with Crippen molar-refractivity contribution in [3.8, 4) is 5.75 Å². The molecule has 134 valence electrons. The minimum absolute atomic E-state index is 0.0845. The van der Waals surface area contributed by atoms with Gasteiger partial charge in [0.25, 0.3) is 0 Å². The van der Waals surface area contributed by atoms with Crippen LogP contribution < -0.4 is 4.74 Å². The molecule has 0 amide bonds. The monoisotopic (exact) mass is 359 g/mol. The summed E-state index contributed by atoms with van der Waals surface area (Å²) < 4.78 is 5.68. The van der Waals surface area contributed by atoms with Gasteiger partial charge < -0.3 is 9.84 Å². The van der Waals surface area contributed by atoms with Crippen molar-refractivity contribution in [3.63, 3.8) is 0 Å². The van der Waals surface area contributed by atoms with Crippen molar-refractivity contribution in [2.24, 2.45) is 5.92 Å². The first kappa shape index (κ1) is 18.0. The van der Waals surface area contributed by atoms with E-state index in [1.807, 2.05) is 19.1 Å². The molecule has 0 aliphatic carbocycles. The molecule has 2 atom stereocenters. The number of aliphatic carboxylic acids is 1. The van der Waals surface area contributed by atoms with Gasteiger partial charge in [-0.05, 0) is 63.1 Å². The van der Waals surface area contributed by atoms with Crippen LogP contribution in [-0.4, -0.2) is 35.7 Å². The van der Waals surface area contributed by atoms with Crippen molar-refractivity contribution in [1.29, 1.82) is 0 Å². The van der Waals surface area contributed by atoms with Crippen molar-refractivity contribution >= 4 is 17.3 Å². The number of piperidine rings is 1. The van der Waals surface area contributed by atoms with E-state index < -0.39 is 5.97 Å². The van der Waals surface area contributed by atoms with E-state index in [1.165, 1.54) is 15.3 Å². The number of likely N-dealkylation sites (tertiary alicyclic amines) is 1. The Bertz CT molecular complexity index is 727. The Morgan fingerprint density at radius 3 is 2.92 bits per heavy atom. The second-order valence-corrected chi connectivity index (χ2v) is 7.85. The van der Waals surface area contributed by atoms with E-state index in [9.17, 15) is 9.90 Å². The predicted octanol–water partition coefficient (Wildman–Crippen LogP) is 4.34. The van der Waals surface area contributed by atoms with Crippen LogP contribution in [0.4, 0.5) is 0 Å². The summed E-state index contributed by atoms with van der Waals surface area (Å²) in [5.74, 6) is -0.105. The van der Waals surface area contributed by atoms with E-state index in [0.29, 0.717) is 13.2 Å². The van der Waals surface area contributed by atoms with Crippen LogP contribution in [0.2, 0.25) is 0 Å². The number of hydrogen-bond donors (Lipinski definition) is 1. The van der Waals surface area contributed by atoms with Gasteiger partial charge in [-0.15, -0.1) is 11.3 Å². The van der Waals surface area contributed by atoms with Crippen LogP contribution in [-0.2, 0) is 4.79 Å². The first-order chi connectivity index (χ1) is 12.1. The third kappa shape index (κ3) is 4.22. The van der Waals surface area contributed by atoms with Gasteiger partial charge >= 0.3 is 5.97 Å². The van der Waals surface area contributed by atoms with Crippen LogP contribution in [0.15, 0.2) is 36.4 Å². The predicted molar refractivity (Wildman–Crippen MR) is 100 cm³/mol. The number of thiophene rings is 1. The molecule has 0 saturated carbocycles. The Hall–Kier alpha value is -1.85. The normalized spacial score (nSPS) is 19.5. The number of carboxylic acid groups (broad SMARTS) is 1. The Balaban J connectivity index is 1.95. The largest absolute Gasteiger partial charge is 0.494 e. The molecule has 2 aromatic rings. The van der Waals surface area contributed by atoms with E-state index in [4.69, 9.17) is 4.74 Å². The van der Waals surface area contributed by atoms with E-state index in [-0.39, 0.29) is 12.0 Å². The maximum atomic E-state index is 11.5. The molecule has 3 rings (SSSR count). The number of carboxylic acids is 1. The number of hydrogen-bond acceptors (Lipinski definition) is 4. The van der Waals surface area contributed by atoms with Crippen LogP contribution >= 0.6 is 11.3 Å². The molecular formula is C20H25NO3S. The molecule has 1 aromatic carbocycles. The number of rotatable bonds is 6. The second kappa shape index (κ2) is 8.02. The molecule has 1 aliphatic heterocycles. The summed E-state index contributed by atoms with van der Waals surface area (Å²) in [5, 5.41) is 9.45. The van der Waals surface area contributed by atoms with Gasteiger partial charge in [0.1, 0.15) is 5.75 Å². The van der Waals surface area contributed by atoms with Crippen molar-refractivity contribution in [2.45, 2.75) is 32.7 Å². The lowest BCUT2D eigenvalue weighted by Gasteiger charge is -2.37. The molecule has 0 spiro atoms. The lowest BCUT2D eigenvalue weighted by atomic mass is 9.94. The first-order valence-corrected chi connectivity index (χ1v) is 9.66. The zero-order chi connectivity index (χ0) is 17.8. The standard InChI is InChI=1S/C20H25NO3S/c1-3-24-17-8-4-6-15(12-17)19(18-10-9-14(2)25-18)21-11-5-7-16(13-21)20(22)23/h4,6,8-10,12,16,19H,3,5,7,11,13H2,1-2H3,(H,22,23). The molecule has 2 heterocycles. The van der Waals surface area contributed by atoms with E-state index in [1.54, 1.807) is 11.3 Å². The number of benzene rings is 1. The zero-order valence-corrected chi connectivity index (χ0v) is 15.6. The van der Waals surface area contributed by atoms with E-state index >= 15 is 0 Å². The maximum absolute atomic E-state index is 11.5. The van der Waals surface area contributed by atoms with Crippen LogP contribution in [0.5, 0.6) is 5.75 Å². The van der Waals surface area contributed by atoms with Crippen LogP contribution in [0.3, 0.4) is 0 Å². The summed E-state index contributed by atoms with van der Waals surface area (Å²) >= 11 is 1.78. The van der Waals surface area contributed by atoms with Crippen LogP contribution in [0.25, 0.3) is 0 Å². The highest BCUT2D eigenvalue weighted by Crippen LogP contribution is 2.37. The van der Waals surface area contributed by atoms with Crippen molar-refractivity contribution in [2.75, 3.05) is 19.7 Å². The average molecular weight is 359 g/mol. The first-order valence-electron chi connectivity index (χ1n) is 8.84. The second-order valence-electron chi connectivity index (χ2n) is 6.53. The van der Waals surface area contributed by atoms with Crippen molar-refractivity contribution < 1.29 is 14.6 Å². The molecule has 1 aliphatic rings. The van der Waals surface area contributed by atoms with Crippen molar-refractivity contribution in [1.82, 2.24) is 4.90 Å². The molecule has 2 unspecified atom stereocenters. The smallest absolute Gasteiger partial charge is 0.307 e.